The molecule has 2 rings (SSSR count). The number of ether oxygens (including phenoxy) is 2. The van der Waals surface area contributed by atoms with E-state index in [1.165, 1.54) is 7.11 Å². The van der Waals surface area contributed by atoms with Crippen LogP contribution in [0.4, 0.5) is 0 Å². The largest absolute Gasteiger partial charge is 0.493 e. The third-order valence-corrected chi connectivity index (χ3v) is 4.15. The van der Waals surface area contributed by atoms with Gasteiger partial charge < -0.3 is 14.6 Å². The number of unbranched alkanes of at least 4 members (excludes halogenated alkanes) is 2. The molecule has 0 aromatic heterocycles. The summed E-state index contributed by atoms with van der Waals surface area (Å²) in [6, 6.07) is 12.4. The molecule has 0 amide bonds. The zero-order valence-corrected chi connectivity index (χ0v) is 15.8. The Morgan fingerprint density at radius 1 is 1.19 bits per heavy atom. The molecule has 26 heavy (non-hydrogen) atoms. The van der Waals surface area contributed by atoms with Gasteiger partial charge in [-0.1, -0.05) is 61.7 Å². The second-order valence-electron chi connectivity index (χ2n) is 5.82. The van der Waals surface area contributed by atoms with E-state index >= 15 is 0 Å². The van der Waals surface area contributed by atoms with Crippen LogP contribution in [0.1, 0.15) is 37.3 Å². The Morgan fingerprint density at radius 3 is 2.54 bits per heavy atom. The van der Waals surface area contributed by atoms with E-state index in [0.29, 0.717) is 34.3 Å². The molecule has 138 valence electrons. The van der Waals surface area contributed by atoms with E-state index in [2.05, 4.69) is 6.92 Å². The monoisotopic (exact) mass is 374 g/mol. The lowest BCUT2D eigenvalue weighted by Crippen LogP contribution is -2.01. The van der Waals surface area contributed by atoms with E-state index in [-0.39, 0.29) is 5.57 Å². The van der Waals surface area contributed by atoms with Gasteiger partial charge in [0.1, 0.15) is 0 Å². The zero-order chi connectivity index (χ0) is 18.9. The van der Waals surface area contributed by atoms with Crippen LogP contribution < -0.4 is 9.47 Å². The highest BCUT2D eigenvalue weighted by molar-refractivity contribution is 6.32. The van der Waals surface area contributed by atoms with Crippen LogP contribution >= 0.6 is 11.6 Å². The smallest absolute Gasteiger partial charge is 0.336 e. The van der Waals surface area contributed by atoms with Crippen LogP contribution in [0.25, 0.3) is 11.6 Å². The van der Waals surface area contributed by atoms with Gasteiger partial charge in [0.05, 0.1) is 24.3 Å². The molecule has 0 radical (unpaired) electrons. The standard InChI is InChI=1S/C21H23ClO4/c1-3-4-8-11-26-20-18(22)13-15(14-19(20)25-2)12-17(21(23)24)16-9-6-5-7-10-16/h5-7,9-10,12-14H,3-4,8,11H2,1-2H3,(H,23,24)/b17-12-. The van der Waals surface area contributed by atoms with E-state index in [4.69, 9.17) is 21.1 Å². The number of carboxylic acid groups (broad SMARTS) is 1. The van der Waals surface area contributed by atoms with Crippen LogP contribution in [0, 0.1) is 0 Å². The van der Waals surface area contributed by atoms with E-state index in [9.17, 15) is 9.90 Å². The summed E-state index contributed by atoms with van der Waals surface area (Å²) in [6.45, 7) is 2.69. The SMILES string of the molecule is CCCCCOc1c(Cl)cc(/C=C(\C(=O)O)c2ccccc2)cc1OC. The number of carbonyl (C=O) groups is 1. The summed E-state index contributed by atoms with van der Waals surface area (Å²) in [5.41, 5.74) is 1.43. The predicted octanol–water partition coefficient (Wildman–Crippen LogP) is 5.54. The quantitative estimate of drug-likeness (QED) is 0.355. The Hall–Kier alpha value is -2.46. The second kappa shape index (κ2) is 9.88. The highest BCUT2D eigenvalue weighted by atomic mass is 35.5. The molecule has 0 heterocycles. The van der Waals surface area contributed by atoms with Crippen molar-refractivity contribution < 1.29 is 19.4 Å². The number of aliphatic carboxylic acids is 1. The van der Waals surface area contributed by atoms with Gasteiger partial charge in [0.15, 0.2) is 11.5 Å². The van der Waals surface area contributed by atoms with Crippen LogP contribution in [0.15, 0.2) is 42.5 Å². The van der Waals surface area contributed by atoms with Gasteiger partial charge in [-0.3, -0.25) is 0 Å². The highest BCUT2D eigenvalue weighted by Crippen LogP contribution is 2.37. The summed E-state index contributed by atoms with van der Waals surface area (Å²) < 4.78 is 11.1. The zero-order valence-electron chi connectivity index (χ0n) is 15.0. The molecule has 0 unspecified atom stereocenters. The molecule has 0 bridgehead atoms. The summed E-state index contributed by atoms with van der Waals surface area (Å²) in [5.74, 6) is -0.0387. The van der Waals surface area contributed by atoms with E-state index in [1.807, 2.05) is 6.07 Å². The molecule has 1 N–H and O–H groups in total. The van der Waals surface area contributed by atoms with E-state index < -0.39 is 5.97 Å². The van der Waals surface area contributed by atoms with Crippen molar-refractivity contribution in [2.45, 2.75) is 26.2 Å². The molecule has 0 atom stereocenters. The van der Waals surface area contributed by atoms with Gasteiger partial charge in [-0.2, -0.15) is 0 Å². The van der Waals surface area contributed by atoms with Gasteiger partial charge >= 0.3 is 5.97 Å². The minimum Gasteiger partial charge on any atom is -0.493 e. The maximum Gasteiger partial charge on any atom is 0.336 e. The van der Waals surface area contributed by atoms with Crippen LogP contribution in [0.2, 0.25) is 5.02 Å². The molecule has 0 aliphatic carbocycles. The van der Waals surface area contributed by atoms with Crippen molar-refractivity contribution in [1.82, 2.24) is 0 Å². The van der Waals surface area contributed by atoms with Crippen LogP contribution in [-0.2, 0) is 4.79 Å². The molecule has 0 aliphatic heterocycles. The maximum atomic E-state index is 11.7. The number of benzene rings is 2. The van der Waals surface area contributed by atoms with Crippen LogP contribution in [0.5, 0.6) is 11.5 Å². The maximum absolute atomic E-state index is 11.7. The summed E-state index contributed by atoms with van der Waals surface area (Å²) in [4.78, 5) is 11.7. The number of carboxylic acids is 1. The van der Waals surface area contributed by atoms with Crippen molar-refractivity contribution in [2.75, 3.05) is 13.7 Å². The fourth-order valence-electron chi connectivity index (χ4n) is 2.54. The summed E-state index contributed by atoms with van der Waals surface area (Å²) in [5, 5.41) is 9.94. The summed E-state index contributed by atoms with van der Waals surface area (Å²) >= 11 is 6.35. The average Bonchev–Trinajstić information content (AvgIpc) is 2.64. The van der Waals surface area contributed by atoms with Crippen molar-refractivity contribution in [2.24, 2.45) is 0 Å². The normalized spacial score (nSPS) is 11.3. The molecule has 4 nitrogen and oxygen atoms in total. The van der Waals surface area contributed by atoms with Crippen molar-refractivity contribution >= 4 is 29.2 Å². The van der Waals surface area contributed by atoms with Crippen molar-refractivity contribution in [1.29, 1.82) is 0 Å². The van der Waals surface area contributed by atoms with E-state index in [1.54, 1.807) is 42.5 Å². The number of rotatable bonds is 9. The minimum atomic E-state index is -1.01. The van der Waals surface area contributed by atoms with Crippen molar-refractivity contribution in [3.63, 3.8) is 0 Å². The molecular formula is C21H23ClO4. The minimum absolute atomic E-state index is 0.181. The Balaban J connectivity index is 2.34. The Labute approximate surface area is 159 Å². The number of methoxy groups -OCH3 is 1. The molecule has 0 saturated carbocycles. The topological polar surface area (TPSA) is 55.8 Å². The first-order valence-electron chi connectivity index (χ1n) is 8.57. The van der Waals surface area contributed by atoms with Crippen molar-refractivity contribution in [3.8, 4) is 11.5 Å². The van der Waals surface area contributed by atoms with Gasteiger partial charge in [0.25, 0.3) is 0 Å². The van der Waals surface area contributed by atoms with Crippen molar-refractivity contribution in [3.05, 3.63) is 58.6 Å². The first kappa shape index (κ1) is 19.9. The molecule has 2 aromatic carbocycles. The number of halogens is 1. The van der Waals surface area contributed by atoms with Gasteiger partial charge in [-0.25, -0.2) is 4.79 Å². The third kappa shape index (κ3) is 5.27. The van der Waals surface area contributed by atoms with Gasteiger partial charge in [0.2, 0.25) is 0 Å². The highest BCUT2D eigenvalue weighted by Gasteiger charge is 2.14. The first-order chi connectivity index (χ1) is 12.6. The third-order valence-electron chi connectivity index (χ3n) is 3.87. The summed E-state index contributed by atoms with van der Waals surface area (Å²) in [6.07, 6.45) is 4.71. The first-order valence-corrected chi connectivity index (χ1v) is 8.95. The molecule has 0 saturated heterocycles. The van der Waals surface area contributed by atoms with Gasteiger partial charge in [-0.15, -0.1) is 0 Å². The average molecular weight is 375 g/mol. The predicted molar refractivity (Wildman–Crippen MR) is 105 cm³/mol. The fourth-order valence-corrected chi connectivity index (χ4v) is 2.82. The molecule has 0 aliphatic rings. The Morgan fingerprint density at radius 2 is 1.92 bits per heavy atom. The van der Waals surface area contributed by atoms with E-state index in [0.717, 1.165) is 19.3 Å². The lowest BCUT2D eigenvalue weighted by Gasteiger charge is -2.13. The molecule has 2 aromatic rings. The Kier molecular flexibility index (Phi) is 7.54. The Bertz CT molecular complexity index is 769. The van der Waals surface area contributed by atoms with Gasteiger partial charge in [-0.05, 0) is 35.8 Å². The number of hydrogen-bond donors (Lipinski definition) is 1. The van der Waals surface area contributed by atoms with Crippen LogP contribution in [-0.4, -0.2) is 24.8 Å². The summed E-state index contributed by atoms with van der Waals surface area (Å²) in [7, 11) is 1.54. The second-order valence-corrected chi connectivity index (χ2v) is 6.23. The van der Waals surface area contributed by atoms with Gasteiger partial charge in [0, 0.05) is 0 Å². The molecular weight excluding hydrogens is 352 g/mol. The lowest BCUT2D eigenvalue weighted by atomic mass is 10.0. The lowest BCUT2D eigenvalue weighted by molar-refractivity contribution is -0.130. The molecule has 0 spiro atoms. The molecule has 5 heteroatoms. The van der Waals surface area contributed by atoms with Crippen LogP contribution in [0.3, 0.4) is 0 Å². The fraction of sp³-hybridized carbons (Fsp3) is 0.286. The molecule has 0 fully saturated rings. The number of hydrogen-bond acceptors (Lipinski definition) is 3.